The molecule has 0 spiro atoms. The van der Waals surface area contributed by atoms with Crippen LogP contribution in [0.5, 0.6) is 0 Å². The quantitative estimate of drug-likeness (QED) is 0.782. The van der Waals surface area contributed by atoms with Gasteiger partial charge in [0.05, 0.1) is 0 Å². The molecule has 2 aromatic rings. The van der Waals surface area contributed by atoms with Crippen molar-refractivity contribution in [1.82, 2.24) is 14.9 Å². The van der Waals surface area contributed by atoms with E-state index in [0.29, 0.717) is 6.04 Å². The third-order valence-electron chi connectivity index (χ3n) is 3.51. The van der Waals surface area contributed by atoms with Crippen molar-refractivity contribution in [3.8, 4) is 0 Å². The van der Waals surface area contributed by atoms with Crippen LogP contribution >= 0.6 is 0 Å². The van der Waals surface area contributed by atoms with Crippen molar-refractivity contribution in [3.63, 3.8) is 0 Å². The molecule has 0 radical (unpaired) electrons. The lowest BCUT2D eigenvalue weighted by Crippen LogP contribution is -2.32. The molecule has 17 heavy (non-hydrogen) atoms. The number of hydrogen-bond donors (Lipinski definition) is 2. The summed E-state index contributed by atoms with van der Waals surface area (Å²) in [4.78, 5) is 14.9. The van der Waals surface area contributed by atoms with E-state index in [9.17, 15) is 4.79 Å². The molecule has 3 rings (SSSR count). The molecular formula is C13H17N3O. The van der Waals surface area contributed by atoms with Gasteiger partial charge in [-0.2, -0.15) is 0 Å². The maximum atomic E-state index is 12.0. The normalized spacial score (nSPS) is 20.9. The van der Waals surface area contributed by atoms with Crippen molar-refractivity contribution in [2.24, 2.45) is 0 Å². The van der Waals surface area contributed by atoms with Gasteiger partial charge in [-0.25, -0.2) is 0 Å². The lowest BCUT2D eigenvalue weighted by molar-refractivity contribution is 0.379. The minimum atomic E-state index is 0.0237. The molecule has 1 aliphatic rings. The maximum Gasteiger partial charge on any atom is 0.272 e. The second-order valence-electron chi connectivity index (χ2n) is 4.81. The smallest absolute Gasteiger partial charge is 0.272 e. The molecule has 1 atom stereocenters. The van der Waals surface area contributed by atoms with Crippen molar-refractivity contribution < 1.29 is 0 Å². The Hall–Kier alpha value is -1.55. The molecule has 1 aliphatic heterocycles. The predicted molar refractivity (Wildman–Crippen MR) is 68.4 cm³/mol. The third-order valence-corrected chi connectivity index (χ3v) is 3.51. The number of hydrogen-bond acceptors (Lipinski definition) is 2. The van der Waals surface area contributed by atoms with Crippen LogP contribution in [0.25, 0.3) is 10.9 Å². The van der Waals surface area contributed by atoms with Gasteiger partial charge in [-0.05, 0) is 38.4 Å². The zero-order chi connectivity index (χ0) is 11.8. The molecule has 0 saturated carbocycles. The molecule has 0 amide bonds. The van der Waals surface area contributed by atoms with E-state index in [1.165, 1.54) is 6.42 Å². The second kappa shape index (κ2) is 4.04. The number of piperidine rings is 1. The van der Waals surface area contributed by atoms with Gasteiger partial charge in [0.15, 0.2) is 0 Å². The average Bonchev–Trinajstić information content (AvgIpc) is 2.74. The number of pyridine rings is 1. The van der Waals surface area contributed by atoms with Gasteiger partial charge in [-0.1, -0.05) is 0 Å². The molecule has 3 heterocycles. The van der Waals surface area contributed by atoms with E-state index in [-0.39, 0.29) is 5.56 Å². The summed E-state index contributed by atoms with van der Waals surface area (Å²) in [6, 6.07) is 4.47. The van der Waals surface area contributed by atoms with Crippen LogP contribution in [0.2, 0.25) is 0 Å². The first-order valence-corrected chi connectivity index (χ1v) is 6.17. The summed E-state index contributed by atoms with van der Waals surface area (Å²) >= 11 is 0. The molecule has 1 fully saturated rings. The summed E-state index contributed by atoms with van der Waals surface area (Å²) < 4.78 is 2.12. The standard InChI is InChI=1S/C13H17N3O/c1-9-7-10-4-6-16(12(10)13(17)15-9)11-3-2-5-14-8-11/h4,6-7,11,14H,2-3,5,8H2,1H3,(H,15,17). The van der Waals surface area contributed by atoms with Crippen molar-refractivity contribution in [2.45, 2.75) is 25.8 Å². The van der Waals surface area contributed by atoms with Crippen LogP contribution in [-0.2, 0) is 0 Å². The van der Waals surface area contributed by atoms with Gasteiger partial charge in [0.25, 0.3) is 5.56 Å². The average molecular weight is 231 g/mol. The van der Waals surface area contributed by atoms with Gasteiger partial charge in [0.2, 0.25) is 0 Å². The Labute approximate surface area is 99.6 Å². The number of aromatic nitrogens is 2. The van der Waals surface area contributed by atoms with Crippen molar-refractivity contribution in [1.29, 1.82) is 0 Å². The number of rotatable bonds is 1. The molecular weight excluding hydrogens is 214 g/mol. The lowest BCUT2D eigenvalue weighted by atomic mass is 10.1. The molecule has 0 bridgehead atoms. The van der Waals surface area contributed by atoms with Crippen LogP contribution in [0.15, 0.2) is 23.1 Å². The van der Waals surface area contributed by atoms with Crippen LogP contribution in [0, 0.1) is 6.92 Å². The van der Waals surface area contributed by atoms with Crippen LogP contribution in [-0.4, -0.2) is 22.6 Å². The number of fused-ring (bicyclic) bond motifs is 1. The number of nitrogens with one attached hydrogen (secondary N) is 2. The predicted octanol–water partition coefficient (Wildman–Crippen LogP) is 1.56. The molecule has 4 heteroatoms. The maximum absolute atomic E-state index is 12.0. The van der Waals surface area contributed by atoms with Gasteiger partial charge in [-0.15, -0.1) is 0 Å². The largest absolute Gasteiger partial charge is 0.339 e. The summed E-state index contributed by atoms with van der Waals surface area (Å²) in [5.41, 5.74) is 1.75. The van der Waals surface area contributed by atoms with E-state index in [1.54, 1.807) is 0 Å². The number of nitrogens with zero attached hydrogens (tertiary/aromatic N) is 1. The van der Waals surface area contributed by atoms with E-state index < -0.39 is 0 Å². The highest BCUT2D eigenvalue weighted by molar-refractivity contribution is 5.79. The Balaban J connectivity index is 2.14. The van der Waals surface area contributed by atoms with Crippen molar-refractivity contribution >= 4 is 10.9 Å². The molecule has 0 aromatic carbocycles. The third kappa shape index (κ3) is 1.78. The SMILES string of the molecule is Cc1cc2ccn(C3CCCNC3)c2c(=O)[nH]1. The highest BCUT2D eigenvalue weighted by Crippen LogP contribution is 2.22. The fraction of sp³-hybridized carbons (Fsp3) is 0.462. The molecule has 0 aliphatic carbocycles. The topological polar surface area (TPSA) is 49.8 Å². The van der Waals surface area contributed by atoms with Gasteiger partial charge in [-0.3, -0.25) is 4.79 Å². The molecule has 1 unspecified atom stereocenters. The van der Waals surface area contributed by atoms with Gasteiger partial charge < -0.3 is 14.9 Å². The lowest BCUT2D eigenvalue weighted by Gasteiger charge is -2.24. The van der Waals surface area contributed by atoms with Crippen LogP contribution < -0.4 is 10.9 Å². The Morgan fingerprint density at radius 2 is 2.35 bits per heavy atom. The minimum Gasteiger partial charge on any atom is -0.339 e. The first kappa shape index (κ1) is 10.6. The van der Waals surface area contributed by atoms with Crippen molar-refractivity contribution in [3.05, 3.63) is 34.4 Å². The molecule has 90 valence electrons. The zero-order valence-electron chi connectivity index (χ0n) is 9.99. The van der Waals surface area contributed by atoms with Crippen LogP contribution in [0.4, 0.5) is 0 Å². The summed E-state index contributed by atoms with van der Waals surface area (Å²) in [5.74, 6) is 0. The van der Waals surface area contributed by atoms with E-state index in [1.807, 2.05) is 25.3 Å². The highest BCUT2D eigenvalue weighted by atomic mass is 16.1. The van der Waals surface area contributed by atoms with Crippen molar-refractivity contribution in [2.75, 3.05) is 13.1 Å². The van der Waals surface area contributed by atoms with Gasteiger partial charge in [0, 0.05) is 29.9 Å². The molecule has 2 N–H and O–H groups in total. The Bertz CT molecular complexity index is 590. The van der Waals surface area contributed by atoms with Crippen LogP contribution in [0.3, 0.4) is 0 Å². The Morgan fingerprint density at radius 1 is 1.47 bits per heavy atom. The van der Waals surface area contributed by atoms with E-state index in [0.717, 1.165) is 36.1 Å². The summed E-state index contributed by atoms with van der Waals surface area (Å²) in [7, 11) is 0. The van der Waals surface area contributed by atoms with Gasteiger partial charge >= 0.3 is 0 Å². The zero-order valence-corrected chi connectivity index (χ0v) is 9.99. The van der Waals surface area contributed by atoms with Crippen LogP contribution in [0.1, 0.15) is 24.6 Å². The first-order chi connectivity index (χ1) is 8.25. The molecule has 4 nitrogen and oxygen atoms in total. The van der Waals surface area contributed by atoms with Gasteiger partial charge in [0.1, 0.15) is 5.52 Å². The fourth-order valence-electron chi connectivity index (χ4n) is 2.71. The van der Waals surface area contributed by atoms with E-state index in [2.05, 4.69) is 14.9 Å². The molecule has 1 saturated heterocycles. The van der Waals surface area contributed by atoms with E-state index in [4.69, 9.17) is 0 Å². The Morgan fingerprint density at radius 3 is 3.12 bits per heavy atom. The second-order valence-corrected chi connectivity index (χ2v) is 4.81. The summed E-state index contributed by atoms with van der Waals surface area (Å²) in [6.45, 7) is 3.96. The fourth-order valence-corrected chi connectivity index (χ4v) is 2.71. The summed E-state index contributed by atoms with van der Waals surface area (Å²) in [6.07, 6.45) is 4.36. The monoisotopic (exact) mass is 231 g/mol. The molecule has 2 aromatic heterocycles. The van der Waals surface area contributed by atoms with E-state index >= 15 is 0 Å². The summed E-state index contributed by atoms with van der Waals surface area (Å²) in [5, 5.41) is 4.42. The Kier molecular flexibility index (Phi) is 2.52. The highest BCUT2D eigenvalue weighted by Gasteiger charge is 2.17. The first-order valence-electron chi connectivity index (χ1n) is 6.17. The number of aryl methyl sites for hydroxylation is 1. The number of aromatic amines is 1. The minimum absolute atomic E-state index is 0.0237. The number of H-pyrrole nitrogens is 1.